The number of carbonyl (C=O) groups is 1. The number of nitrogens with one attached hydrogen (secondary N) is 3. The lowest BCUT2D eigenvalue weighted by molar-refractivity contribution is 0.0415. The number of aliphatic hydroxyl groups is 1. The summed E-state index contributed by atoms with van der Waals surface area (Å²) < 4.78 is 38.3. The Balaban J connectivity index is 1.75. The van der Waals surface area contributed by atoms with Gasteiger partial charge in [-0.1, -0.05) is 12.1 Å². The number of hydrogen-bond acceptors (Lipinski definition) is 4. The van der Waals surface area contributed by atoms with E-state index in [1.807, 2.05) is 0 Å². The molecule has 0 fully saturated rings. The van der Waals surface area contributed by atoms with Gasteiger partial charge in [-0.05, 0) is 31.5 Å². The highest BCUT2D eigenvalue weighted by atomic mass is 19.3. The number of carbonyl (C=O) groups excluding carboxylic acids is 1. The Morgan fingerprint density at radius 3 is 2.59 bits per heavy atom. The van der Waals surface area contributed by atoms with E-state index in [0.29, 0.717) is 16.5 Å². The maximum Gasteiger partial charge on any atom is 0.320 e. The molecule has 2 aromatic heterocycles. The first-order valence-electron chi connectivity index (χ1n) is 8.80. The predicted molar refractivity (Wildman–Crippen MR) is 101 cm³/mol. The molecule has 0 aliphatic rings. The first-order chi connectivity index (χ1) is 13.6. The van der Waals surface area contributed by atoms with E-state index in [0.717, 1.165) is 0 Å². The predicted octanol–water partition coefficient (Wildman–Crippen LogP) is 3.54. The smallest absolute Gasteiger partial charge is 0.320 e. The summed E-state index contributed by atoms with van der Waals surface area (Å²) in [6.45, 7) is 3.03. The summed E-state index contributed by atoms with van der Waals surface area (Å²) in [6.07, 6.45) is -1.65. The van der Waals surface area contributed by atoms with Gasteiger partial charge in [0.25, 0.3) is 0 Å². The Kier molecular flexibility index (Phi) is 5.73. The zero-order chi connectivity index (χ0) is 21.2. The Morgan fingerprint density at radius 2 is 1.97 bits per heavy atom. The fourth-order valence-electron chi connectivity index (χ4n) is 2.94. The Labute approximate surface area is 164 Å². The molecule has 2 heterocycles. The highest BCUT2D eigenvalue weighted by Gasteiger charge is 2.30. The molecule has 0 bridgehead atoms. The van der Waals surface area contributed by atoms with Crippen molar-refractivity contribution in [3.63, 3.8) is 0 Å². The molecule has 10 heteroatoms. The van der Waals surface area contributed by atoms with Crippen molar-refractivity contribution in [3.8, 4) is 0 Å². The maximum atomic E-state index is 13.2. The van der Waals surface area contributed by atoms with E-state index in [2.05, 4.69) is 25.8 Å². The van der Waals surface area contributed by atoms with E-state index in [9.17, 15) is 23.1 Å². The highest BCUT2D eigenvalue weighted by molar-refractivity contribution is 5.91. The Morgan fingerprint density at radius 1 is 1.28 bits per heavy atom. The number of hydrogen-bond donors (Lipinski definition) is 4. The van der Waals surface area contributed by atoms with Crippen molar-refractivity contribution >= 4 is 22.8 Å². The number of halogens is 3. The number of anilines is 1. The van der Waals surface area contributed by atoms with Gasteiger partial charge in [-0.2, -0.15) is 5.10 Å². The zero-order valence-corrected chi connectivity index (χ0v) is 15.7. The van der Waals surface area contributed by atoms with Crippen LogP contribution in [0.4, 0.5) is 23.8 Å². The molecule has 3 aromatic rings. The number of H-pyrrole nitrogens is 1. The summed E-state index contributed by atoms with van der Waals surface area (Å²) in [7, 11) is 0. The van der Waals surface area contributed by atoms with Gasteiger partial charge in [-0.25, -0.2) is 22.9 Å². The fourth-order valence-corrected chi connectivity index (χ4v) is 2.94. The quantitative estimate of drug-likeness (QED) is 0.502. The molecule has 1 atom stereocenters. The second-order valence-electron chi connectivity index (χ2n) is 7.12. The number of nitrogens with zero attached hydrogens (tertiary/aromatic N) is 2. The van der Waals surface area contributed by atoms with Crippen LogP contribution in [-0.4, -0.2) is 38.3 Å². The van der Waals surface area contributed by atoms with Crippen LogP contribution in [0.2, 0.25) is 0 Å². The minimum atomic E-state index is -2.52. The van der Waals surface area contributed by atoms with Crippen LogP contribution in [-0.2, 0) is 6.42 Å². The number of amides is 2. The number of aromatic nitrogens is 3. The minimum Gasteiger partial charge on any atom is -0.388 e. The molecule has 0 saturated heterocycles. The van der Waals surface area contributed by atoms with Gasteiger partial charge in [-0.3, -0.25) is 10.4 Å². The average molecular weight is 407 g/mol. The summed E-state index contributed by atoms with van der Waals surface area (Å²) in [4.78, 5) is 16.5. The lowest BCUT2D eigenvalue weighted by atomic mass is 9.92. The van der Waals surface area contributed by atoms with E-state index in [4.69, 9.17) is 0 Å². The van der Waals surface area contributed by atoms with Crippen LogP contribution in [0, 0.1) is 5.82 Å². The molecular formula is C19H20F3N5O2. The molecule has 0 spiro atoms. The fraction of sp³-hybridized carbons (Fsp3) is 0.316. The molecule has 4 N–H and O–H groups in total. The molecule has 3 rings (SSSR count). The average Bonchev–Trinajstić information content (AvgIpc) is 3.01. The van der Waals surface area contributed by atoms with Gasteiger partial charge in [-0.15, -0.1) is 0 Å². The third-order valence-corrected chi connectivity index (χ3v) is 4.30. The van der Waals surface area contributed by atoms with Gasteiger partial charge in [0.05, 0.1) is 29.3 Å². The molecular weight excluding hydrogens is 387 g/mol. The van der Waals surface area contributed by atoms with Gasteiger partial charge in [0, 0.05) is 17.6 Å². The number of pyridine rings is 1. The first-order valence-corrected chi connectivity index (χ1v) is 8.80. The third kappa shape index (κ3) is 5.02. The van der Waals surface area contributed by atoms with Gasteiger partial charge < -0.3 is 10.4 Å². The topological polar surface area (TPSA) is 103 Å². The molecule has 0 aliphatic carbocycles. The van der Waals surface area contributed by atoms with Crippen molar-refractivity contribution in [2.24, 2.45) is 0 Å². The van der Waals surface area contributed by atoms with E-state index >= 15 is 0 Å². The largest absolute Gasteiger partial charge is 0.388 e. The second-order valence-corrected chi connectivity index (χ2v) is 7.12. The monoisotopic (exact) mass is 407 g/mol. The molecule has 0 unspecified atom stereocenters. The number of aromatic amines is 1. The van der Waals surface area contributed by atoms with Crippen LogP contribution in [0.5, 0.6) is 0 Å². The summed E-state index contributed by atoms with van der Waals surface area (Å²) in [5.41, 5.74) is -0.180. The molecule has 1 aromatic carbocycles. The minimum absolute atomic E-state index is 0.152. The van der Waals surface area contributed by atoms with E-state index in [1.54, 1.807) is 0 Å². The summed E-state index contributed by atoms with van der Waals surface area (Å²) in [6, 6.07) is 5.37. The molecule has 7 nitrogen and oxygen atoms in total. The number of benzene rings is 1. The van der Waals surface area contributed by atoms with Crippen molar-refractivity contribution in [1.29, 1.82) is 0 Å². The SMILES string of the molecule is CC(C)(O)[C@@H](NC(=O)Nc1cc2n[nH]c(CC(F)F)c2cn1)c1ccc(F)cc1. The summed E-state index contributed by atoms with van der Waals surface area (Å²) in [5.74, 6) is -0.283. The lowest BCUT2D eigenvalue weighted by Crippen LogP contribution is -2.44. The van der Waals surface area contributed by atoms with Crippen LogP contribution >= 0.6 is 0 Å². The third-order valence-electron chi connectivity index (χ3n) is 4.30. The summed E-state index contributed by atoms with van der Waals surface area (Å²) in [5, 5.41) is 22.5. The molecule has 29 heavy (non-hydrogen) atoms. The molecule has 0 radical (unpaired) electrons. The van der Waals surface area contributed by atoms with Crippen LogP contribution in [0.15, 0.2) is 36.5 Å². The molecule has 0 aliphatic heterocycles. The van der Waals surface area contributed by atoms with E-state index < -0.39 is 36.3 Å². The van der Waals surface area contributed by atoms with Gasteiger partial charge >= 0.3 is 6.03 Å². The van der Waals surface area contributed by atoms with Crippen molar-refractivity contribution < 1.29 is 23.1 Å². The van der Waals surface area contributed by atoms with Crippen molar-refractivity contribution in [1.82, 2.24) is 20.5 Å². The van der Waals surface area contributed by atoms with E-state index in [-0.39, 0.29) is 11.5 Å². The number of rotatable bonds is 6. The normalized spacial score (nSPS) is 12.9. The van der Waals surface area contributed by atoms with Gasteiger partial charge in [0.2, 0.25) is 6.43 Å². The number of fused-ring (bicyclic) bond motifs is 1. The van der Waals surface area contributed by atoms with Gasteiger partial charge in [0.1, 0.15) is 11.6 Å². The maximum absolute atomic E-state index is 13.2. The molecule has 0 saturated carbocycles. The molecule has 154 valence electrons. The van der Waals surface area contributed by atoms with Crippen molar-refractivity contribution in [3.05, 3.63) is 53.6 Å². The Hall–Kier alpha value is -3.14. The van der Waals surface area contributed by atoms with Gasteiger partial charge in [0.15, 0.2) is 0 Å². The van der Waals surface area contributed by atoms with Crippen molar-refractivity contribution in [2.45, 2.75) is 38.3 Å². The van der Waals surface area contributed by atoms with Crippen LogP contribution in [0.25, 0.3) is 10.9 Å². The van der Waals surface area contributed by atoms with E-state index in [1.165, 1.54) is 50.4 Å². The molecule has 2 amide bonds. The number of alkyl halides is 2. The van der Waals surface area contributed by atoms with Crippen molar-refractivity contribution in [2.75, 3.05) is 5.32 Å². The number of urea groups is 1. The van der Waals surface area contributed by atoms with Crippen LogP contribution in [0.3, 0.4) is 0 Å². The van der Waals surface area contributed by atoms with Crippen LogP contribution in [0.1, 0.15) is 31.1 Å². The highest BCUT2D eigenvalue weighted by Crippen LogP contribution is 2.26. The second kappa shape index (κ2) is 8.08. The van der Waals surface area contributed by atoms with Crippen LogP contribution < -0.4 is 10.6 Å². The summed E-state index contributed by atoms with van der Waals surface area (Å²) >= 11 is 0. The lowest BCUT2D eigenvalue weighted by Gasteiger charge is -2.30. The first kappa shape index (κ1) is 20.6. The Bertz CT molecular complexity index is 999. The zero-order valence-electron chi connectivity index (χ0n) is 15.7. The standard InChI is InChI=1S/C19H20F3N5O2/c1-19(2,29)17(10-3-5-11(20)6-4-10)25-18(28)24-16-8-14-12(9-23-16)13(26-27-14)7-15(21)22/h3-6,8-9,15,17,29H,7H2,1-2H3,(H,26,27)(H2,23,24,25,28)/t17-/m0/s1.